The summed E-state index contributed by atoms with van der Waals surface area (Å²) in [5, 5.41) is 0. The topological polar surface area (TPSA) is 42.0 Å². The summed E-state index contributed by atoms with van der Waals surface area (Å²) in [6, 6.07) is 0.312. The Balaban J connectivity index is 1.86. The molecule has 1 amide bonds. The molecule has 2 heterocycles. The summed E-state index contributed by atoms with van der Waals surface area (Å²) in [6.07, 6.45) is 4.23. The van der Waals surface area contributed by atoms with Crippen LogP contribution in [0.4, 0.5) is 0 Å². The van der Waals surface area contributed by atoms with Gasteiger partial charge in [-0.25, -0.2) is 0 Å². The summed E-state index contributed by atoms with van der Waals surface area (Å²) < 4.78 is 10.8. The highest BCUT2D eigenvalue weighted by atomic mass is 16.5. The SMILES string of the molecule is CCOCCC(=O)N1C[C@@H](OC)C[C@H]1CN1CCCC1. The highest BCUT2D eigenvalue weighted by Crippen LogP contribution is 2.23. The molecule has 20 heavy (non-hydrogen) atoms. The molecule has 2 aliphatic heterocycles. The fourth-order valence-corrected chi connectivity index (χ4v) is 3.23. The van der Waals surface area contributed by atoms with Crippen molar-refractivity contribution in [2.45, 2.75) is 44.8 Å². The predicted molar refractivity (Wildman–Crippen MR) is 77.7 cm³/mol. The van der Waals surface area contributed by atoms with Crippen LogP contribution in [0, 0.1) is 0 Å². The predicted octanol–water partition coefficient (Wildman–Crippen LogP) is 1.12. The van der Waals surface area contributed by atoms with E-state index in [2.05, 4.69) is 4.90 Å². The maximum absolute atomic E-state index is 12.3. The van der Waals surface area contributed by atoms with Crippen LogP contribution in [0.15, 0.2) is 0 Å². The van der Waals surface area contributed by atoms with Gasteiger partial charge >= 0.3 is 0 Å². The summed E-state index contributed by atoms with van der Waals surface area (Å²) in [4.78, 5) is 16.8. The van der Waals surface area contributed by atoms with Crippen LogP contribution in [0.3, 0.4) is 0 Å². The van der Waals surface area contributed by atoms with Gasteiger partial charge in [0, 0.05) is 32.8 Å². The van der Waals surface area contributed by atoms with Gasteiger partial charge in [-0.1, -0.05) is 0 Å². The largest absolute Gasteiger partial charge is 0.381 e. The van der Waals surface area contributed by atoms with Crippen LogP contribution in [0.1, 0.15) is 32.6 Å². The lowest BCUT2D eigenvalue weighted by Crippen LogP contribution is -2.42. The van der Waals surface area contributed by atoms with Crippen molar-refractivity contribution in [2.24, 2.45) is 0 Å². The molecule has 0 unspecified atom stereocenters. The summed E-state index contributed by atoms with van der Waals surface area (Å²) >= 11 is 0. The van der Waals surface area contributed by atoms with Crippen molar-refractivity contribution in [1.29, 1.82) is 0 Å². The summed E-state index contributed by atoms with van der Waals surface area (Å²) in [6.45, 7) is 7.24. The third kappa shape index (κ3) is 4.17. The van der Waals surface area contributed by atoms with E-state index in [4.69, 9.17) is 9.47 Å². The fourth-order valence-electron chi connectivity index (χ4n) is 3.23. The van der Waals surface area contributed by atoms with Gasteiger partial charge in [0.1, 0.15) is 0 Å². The van der Waals surface area contributed by atoms with E-state index >= 15 is 0 Å². The molecule has 0 spiro atoms. The lowest BCUT2D eigenvalue weighted by molar-refractivity contribution is -0.133. The summed E-state index contributed by atoms with van der Waals surface area (Å²) in [5.41, 5.74) is 0. The van der Waals surface area contributed by atoms with E-state index in [9.17, 15) is 4.79 Å². The Bertz CT molecular complexity index is 305. The second kappa shape index (κ2) is 7.96. The van der Waals surface area contributed by atoms with Gasteiger partial charge in [-0.2, -0.15) is 0 Å². The molecule has 2 fully saturated rings. The molecular weight excluding hydrogens is 256 g/mol. The third-order valence-electron chi connectivity index (χ3n) is 4.36. The van der Waals surface area contributed by atoms with Gasteiger partial charge in [-0.15, -0.1) is 0 Å². The molecule has 2 saturated heterocycles. The molecule has 0 bridgehead atoms. The first-order valence-electron chi connectivity index (χ1n) is 7.87. The quantitative estimate of drug-likeness (QED) is 0.657. The number of hydrogen-bond donors (Lipinski definition) is 0. The summed E-state index contributed by atoms with van der Waals surface area (Å²) in [5.74, 6) is 0.210. The molecule has 0 aromatic heterocycles. The van der Waals surface area contributed by atoms with E-state index in [1.54, 1.807) is 7.11 Å². The molecule has 0 aliphatic carbocycles. The molecule has 116 valence electrons. The lowest BCUT2D eigenvalue weighted by Gasteiger charge is -2.28. The van der Waals surface area contributed by atoms with E-state index in [1.165, 1.54) is 25.9 Å². The van der Waals surface area contributed by atoms with Gasteiger partial charge in [0.2, 0.25) is 5.91 Å². The number of nitrogens with zero attached hydrogens (tertiary/aromatic N) is 2. The van der Waals surface area contributed by atoms with Gasteiger partial charge < -0.3 is 19.3 Å². The minimum absolute atomic E-state index is 0.193. The van der Waals surface area contributed by atoms with E-state index in [1.807, 2.05) is 11.8 Å². The molecule has 5 nitrogen and oxygen atoms in total. The average Bonchev–Trinajstić information content (AvgIpc) is 3.09. The lowest BCUT2D eigenvalue weighted by atomic mass is 10.2. The second-order valence-corrected chi connectivity index (χ2v) is 5.75. The fraction of sp³-hybridized carbons (Fsp3) is 0.933. The monoisotopic (exact) mass is 284 g/mol. The van der Waals surface area contributed by atoms with Crippen LogP contribution in [-0.2, 0) is 14.3 Å². The highest BCUT2D eigenvalue weighted by molar-refractivity contribution is 5.77. The average molecular weight is 284 g/mol. The minimum atomic E-state index is 0.193. The summed E-state index contributed by atoms with van der Waals surface area (Å²) in [7, 11) is 1.74. The Morgan fingerprint density at radius 3 is 2.70 bits per heavy atom. The molecule has 0 aromatic rings. The normalized spacial score (nSPS) is 27.4. The molecule has 0 N–H and O–H groups in total. The van der Waals surface area contributed by atoms with Crippen LogP contribution >= 0.6 is 0 Å². The van der Waals surface area contributed by atoms with Crippen molar-refractivity contribution >= 4 is 5.91 Å². The van der Waals surface area contributed by atoms with Crippen LogP contribution in [0.5, 0.6) is 0 Å². The first kappa shape index (κ1) is 15.7. The zero-order valence-electron chi connectivity index (χ0n) is 12.8. The number of hydrogen-bond acceptors (Lipinski definition) is 4. The standard InChI is InChI=1S/C15H28N2O3/c1-3-20-9-6-15(18)17-12-14(19-2)10-13(17)11-16-7-4-5-8-16/h13-14H,3-12H2,1-2H3/t13-,14-/m0/s1. The minimum Gasteiger partial charge on any atom is -0.381 e. The molecule has 0 saturated carbocycles. The first-order valence-corrected chi connectivity index (χ1v) is 7.87. The van der Waals surface area contributed by atoms with Crippen molar-refractivity contribution < 1.29 is 14.3 Å². The Kier molecular flexibility index (Phi) is 6.26. The second-order valence-electron chi connectivity index (χ2n) is 5.75. The van der Waals surface area contributed by atoms with Crippen LogP contribution in [-0.4, -0.2) is 74.4 Å². The number of amides is 1. The highest BCUT2D eigenvalue weighted by Gasteiger charge is 2.36. The van der Waals surface area contributed by atoms with E-state index < -0.39 is 0 Å². The Labute approximate surface area is 122 Å². The smallest absolute Gasteiger partial charge is 0.225 e. The number of rotatable bonds is 7. The number of likely N-dealkylation sites (tertiary alicyclic amines) is 2. The molecular formula is C15H28N2O3. The molecule has 5 heteroatoms. The van der Waals surface area contributed by atoms with Gasteiger partial charge in [-0.3, -0.25) is 4.79 Å². The molecule has 2 atom stereocenters. The zero-order chi connectivity index (χ0) is 14.4. The number of carbonyl (C=O) groups is 1. The number of carbonyl (C=O) groups excluding carboxylic acids is 1. The molecule has 0 radical (unpaired) electrons. The Hall–Kier alpha value is -0.650. The van der Waals surface area contributed by atoms with Crippen molar-refractivity contribution in [1.82, 2.24) is 9.80 Å². The molecule has 2 aliphatic rings. The molecule has 2 rings (SSSR count). The van der Waals surface area contributed by atoms with Crippen molar-refractivity contribution in [3.63, 3.8) is 0 Å². The van der Waals surface area contributed by atoms with Gasteiger partial charge in [0.15, 0.2) is 0 Å². The first-order chi connectivity index (χ1) is 9.74. The third-order valence-corrected chi connectivity index (χ3v) is 4.36. The Morgan fingerprint density at radius 2 is 2.05 bits per heavy atom. The number of ether oxygens (including phenoxy) is 2. The maximum atomic E-state index is 12.3. The van der Waals surface area contributed by atoms with Crippen molar-refractivity contribution in [3.05, 3.63) is 0 Å². The number of methoxy groups -OCH3 is 1. The van der Waals surface area contributed by atoms with E-state index in [0.717, 1.165) is 19.5 Å². The zero-order valence-corrected chi connectivity index (χ0v) is 12.8. The van der Waals surface area contributed by atoms with E-state index in [0.29, 0.717) is 25.7 Å². The van der Waals surface area contributed by atoms with Crippen LogP contribution < -0.4 is 0 Å². The molecule has 0 aromatic carbocycles. The van der Waals surface area contributed by atoms with Crippen molar-refractivity contribution in [2.75, 3.05) is 46.5 Å². The van der Waals surface area contributed by atoms with Crippen LogP contribution in [0.2, 0.25) is 0 Å². The van der Waals surface area contributed by atoms with Crippen LogP contribution in [0.25, 0.3) is 0 Å². The Morgan fingerprint density at radius 1 is 1.30 bits per heavy atom. The van der Waals surface area contributed by atoms with Crippen molar-refractivity contribution in [3.8, 4) is 0 Å². The maximum Gasteiger partial charge on any atom is 0.225 e. The van der Waals surface area contributed by atoms with E-state index in [-0.39, 0.29) is 12.0 Å². The van der Waals surface area contributed by atoms with Gasteiger partial charge in [-0.05, 0) is 39.3 Å². The van der Waals surface area contributed by atoms with Gasteiger partial charge in [0.25, 0.3) is 0 Å². The van der Waals surface area contributed by atoms with Gasteiger partial charge in [0.05, 0.1) is 19.1 Å².